The van der Waals surface area contributed by atoms with Gasteiger partial charge >= 0.3 is 0 Å². The van der Waals surface area contributed by atoms with E-state index in [1.54, 1.807) is 13.0 Å². The Morgan fingerprint density at radius 3 is 2.68 bits per heavy atom. The van der Waals surface area contributed by atoms with E-state index in [-0.39, 0.29) is 11.9 Å². The number of hydrogen-bond donors (Lipinski definition) is 0. The Balaban J connectivity index is 1.67. The van der Waals surface area contributed by atoms with E-state index in [0.717, 1.165) is 22.9 Å². The highest BCUT2D eigenvalue weighted by Crippen LogP contribution is 2.39. The molecule has 1 aliphatic heterocycles. The number of fused-ring (bicyclic) bond motifs is 3. The van der Waals surface area contributed by atoms with Crippen molar-refractivity contribution >= 4 is 34.0 Å². The van der Waals surface area contributed by atoms with E-state index >= 15 is 0 Å². The average molecular weight is 352 g/mol. The first-order chi connectivity index (χ1) is 12.1. The quantitative estimate of drug-likeness (QED) is 0.675. The summed E-state index contributed by atoms with van der Waals surface area (Å²) in [6.07, 6.45) is 0.782. The molecule has 3 aromatic rings. The van der Waals surface area contributed by atoms with Gasteiger partial charge in [0.2, 0.25) is 5.91 Å². The first kappa shape index (κ1) is 16.0. The zero-order valence-corrected chi connectivity index (χ0v) is 14.7. The van der Waals surface area contributed by atoms with E-state index in [1.807, 2.05) is 35.2 Å². The number of amides is 1. The summed E-state index contributed by atoms with van der Waals surface area (Å²) >= 11 is 6.17. The van der Waals surface area contributed by atoms with Gasteiger partial charge in [0.15, 0.2) is 0 Å². The molecule has 1 amide bonds. The molecule has 0 aliphatic carbocycles. The topological polar surface area (TPSA) is 29.5 Å². The van der Waals surface area contributed by atoms with Crippen molar-refractivity contribution in [2.75, 3.05) is 11.5 Å². The van der Waals surface area contributed by atoms with Crippen molar-refractivity contribution in [2.24, 2.45) is 0 Å². The molecule has 25 heavy (non-hydrogen) atoms. The second-order valence-electron chi connectivity index (χ2n) is 6.28. The molecule has 0 saturated heterocycles. The van der Waals surface area contributed by atoms with Crippen LogP contribution in [0.1, 0.15) is 12.5 Å². The zero-order valence-electron chi connectivity index (χ0n) is 13.9. The van der Waals surface area contributed by atoms with Crippen molar-refractivity contribution in [1.82, 2.24) is 0 Å². The molecular formula is C21H18ClNO2. The van der Waals surface area contributed by atoms with Crippen LogP contribution in [0.3, 0.4) is 0 Å². The zero-order chi connectivity index (χ0) is 17.4. The summed E-state index contributed by atoms with van der Waals surface area (Å²) in [6, 6.07) is 19.8. The molecule has 0 N–H and O–H groups in total. The number of carbonyl (C=O) groups is 1. The van der Waals surface area contributed by atoms with Crippen LogP contribution in [-0.4, -0.2) is 18.6 Å². The van der Waals surface area contributed by atoms with Crippen molar-refractivity contribution in [1.29, 1.82) is 0 Å². The molecule has 1 unspecified atom stereocenters. The molecule has 1 aliphatic rings. The Bertz CT molecular complexity index is 954. The molecule has 3 aromatic carbocycles. The van der Waals surface area contributed by atoms with Crippen LogP contribution >= 0.6 is 11.6 Å². The molecule has 0 bridgehead atoms. The first-order valence-electron chi connectivity index (χ1n) is 8.33. The summed E-state index contributed by atoms with van der Waals surface area (Å²) in [4.78, 5) is 14.3. The summed E-state index contributed by atoms with van der Waals surface area (Å²) in [7, 11) is 0. The van der Waals surface area contributed by atoms with Crippen molar-refractivity contribution in [3.63, 3.8) is 0 Å². The standard InChI is InChI=1S/C21H18ClNO2/c1-14(24)23-17(13-25-20-9-5-4-8-19(20)22)12-16-11-10-15-6-2-3-7-18(15)21(16)23/h2-11,17H,12-13H2,1H3. The van der Waals surface area contributed by atoms with Crippen LogP contribution in [-0.2, 0) is 11.2 Å². The fraction of sp³-hybridized carbons (Fsp3) is 0.190. The van der Waals surface area contributed by atoms with Gasteiger partial charge in [-0.2, -0.15) is 0 Å². The lowest BCUT2D eigenvalue weighted by Gasteiger charge is -2.25. The lowest BCUT2D eigenvalue weighted by Crippen LogP contribution is -2.40. The highest BCUT2D eigenvalue weighted by molar-refractivity contribution is 6.32. The predicted octanol–water partition coefficient (Wildman–Crippen LogP) is 4.85. The Morgan fingerprint density at radius 2 is 1.88 bits per heavy atom. The minimum absolute atomic E-state index is 0.0304. The molecule has 0 aromatic heterocycles. The van der Waals surface area contributed by atoms with Crippen LogP contribution in [0.2, 0.25) is 5.02 Å². The molecular weight excluding hydrogens is 334 g/mol. The maximum atomic E-state index is 12.4. The number of benzene rings is 3. The Hall–Kier alpha value is -2.52. The fourth-order valence-electron chi connectivity index (χ4n) is 3.57. The number of rotatable bonds is 3. The van der Waals surface area contributed by atoms with Crippen molar-refractivity contribution in [2.45, 2.75) is 19.4 Å². The molecule has 4 rings (SSSR count). The molecule has 1 atom stereocenters. The van der Waals surface area contributed by atoms with Gasteiger partial charge in [-0.05, 0) is 29.5 Å². The minimum atomic E-state index is -0.0328. The third kappa shape index (κ3) is 2.85. The van der Waals surface area contributed by atoms with Gasteiger partial charge in [-0.15, -0.1) is 0 Å². The normalized spacial score (nSPS) is 16.1. The second kappa shape index (κ2) is 6.41. The van der Waals surface area contributed by atoms with Crippen LogP contribution in [0.15, 0.2) is 60.7 Å². The maximum Gasteiger partial charge on any atom is 0.224 e. The van der Waals surface area contributed by atoms with Crippen LogP contribution in [0, 0.1) is 0 Å². The average Bonchev–Trinajstić information content (AvgIpc) is 3.00. The van der Waals surface area contributed by atoms with E-state index < -0.39 is 0 Å². The number of ether oxygens (including phenoxy) is 1. The maximum absolute atomic E-state index is 12.4. The van der Waals surface area contributed by atoms with Crippen LogP contribution in [0.5, 0.6) is 5.75 Å². The Labute approximate surface area is 151 Å². The molecule has 4 heteroatoms. The van der Waals surface area contributed by atoms with Crippen LogP contribution < -0.4 is 9.64 Å². The van der Waals surface area contributed by atoms with Crippen LogP contribution in [0.25, 0.3) is 10.8 Å². The molecule has 0 saturated carbocycles. The summed E-state index contributed by atoms with van der Waals surface area (Å²) < 4.78 is 5.92. The summed E-state index contributed by atoms with van der Waals surface area (Å²) in [6.45, 7) is 2.02. The predicted molar refractivity (Wildman–Crippen MR) is 102 cm³/mol. The number of anilines is 1. The first-order valence-corrected chi connectivity index (χ1v) is 8.70. The summed E-state index contributed by atoms with van der Waals surface area (Å²) in [5, 5.41) is 2.83. The molecule has 0 fully saturated rings. The molecule has 126 valence electrons. The van der Waals surface area contributed by atoms with Gasteiger partial charge in [-0.25, -0.2) is 0 Å². The number of nitrogens with zero attached hydrogens (tertiary/aromatic N) is 1. The molecule has 3 nitrogen and oxygen atoms in total. The fourth-order valence-corrected chi connectivity index (χ4v) is 3.76. The number of hydrogen-bond acceptors (Lipinski definition) is 2. The third-order valence-electron chi connectivity index (χ3n) is 4.65. The van der Waals surface area contributed by atoms with Crippen molar-refractivity contribution in [3.05, 3.63) is 71.2 Å². The molecule has 0 spiro atoms. The smallest absolute Gasteiger partial charge is 0.224 e. The summed E-state index contributed by atoms with van der Waals surface area (Å²) in [5.74, 6) is 0.677. The minimum Gasteiger partial charge on any atom is -0.490 e. The van der Waals surface area contributed by atoms with Gasteiger partial charge in [0.25, 0.3) is 0 Å². The van der Waals surface area contributed by atoms with E-state index in [0.29, 0.717) is 17.4 Å². The van der Waals surface area contributed by atoms with Gasteiger partial charge < -0.3 is 9.64 Å². The largest absolute Gasteiger partial charge is 0.490 e. The molecule has 0 radical (unpaired) electrons. The SMILES string of the molecule is CC(=O)N1c2c(ccc3ccccc23)CC1COc1ccccc1Cl. The van der Waals surface area contributed by atoms with Gasteiger partial charge in [-0.1, -0.05) is 60.1 Å². The Kier molecular flexibility index (Phi) is 4.10. The van der Waals surface area contributed by atoms with E-state index in [9.17, 15) is 4.79 Å². The highest BCUT2D eigenvalue weighted by atomic mass is 35.5. The highest BCUT2D eigenvalue weighted by Gasteiger charge is 2.34. The Morgan fingerprint density at radius 1 is 1.12 bits per heavy atom. The van der Waals surface area contributed by atoms with Gasteiger partial charge in [-0.3, -0.25) is 4.79 Å². The van der Waals surface area contributed by atoms with E-state index in [4.69, 9.17) is 16.3 Å². The number of carbonyl (C=O) groups excluding carboxylic acids is 1. The molecule has 1 heterocycles. The lowest BCUT2D eigenvalue weighted by atomic mass is 10.0. The van der Waals surface area contributed by atoms with Gasteiger partial charge in [0, 0.05) is 12.3 Å². The van der Waals surface area contributed by atoms with Crippen molar-refractivity contribution < 1.29 is 9.53 Å². The van der Waals surface area contributed by atoms with E-state index in [1.165, 1.54) is 5.56 Å². The van der Waals surface area contributed by atoms with Crippen molar-refractivity contribution in [3.8, 4) is 5.75 Å². The monoisotopic (exact) mass is 351 g/mol. The van der Waals surface area contributed by atoms with Gasteiger partial charge in [0.05, 0.1) is 16.8 Å². The third-order valence-corrected chi connectivity index (χ3v) is 4.97. The van der Waals surface area contributed by atoms with Gasteiger partial charge in [0.1, 0.15) is 12.4 Å². The van der Waals surface area contributed by atoms with Crippen LogP contribution in [0.4, 0.5) is 5.69 Å². The lowest BCUT2D eigenvalue weighted by molar-refractivity contribution is -0.117. The summed E-state index contributed by atoms with van der Waals surface area (Å²) in [5.41, 5.74) is 2.19. The second-order valence-corrected chi connectivity index (χ2v) is 6.69. The van der Waals surface area contributed by atoms with E-state index in [2.05, 4.69) is 24.3 Å². The number of para-hydroxylation sites is 1. The number of halogens is 1.